The lowest BCUT2D eigenvalue weighted by Crippen LogP contribution is -2.25. The van der Waals surface area contributed by atoms with Gasteiger partial charge in [-0.3, -0.25) is 4.79 Å². The molecule has 4 rings (SSSR count). The van der Waals surface area contributed by atoms with Crippen molar-refractivity contribution in [2.45, 2.75) is 26.3 Å². The molecule has 132 valence electrons. The van der Waals surface area contributed by atoms with Crippen LogP contribution in [-0.2, 0) is 31.2 Å². The Kier molecular flexibility index (Phi) is 4.21. The van der Waals surface area contributed by atoms with Crippen LogP contribution in [-0.4, -0.2) is 15.5 Å². The number of rotatable bonds is 5. The zero-order chi connectivity index (χ0) is 18.1. The van der Waals surface area contributed by atoms with Crippen molar-refractivity contribution in [2.75, 3.05) is 0 Å². The monoisotopic (exact) mass is 347 g/mol. The van der Waals surface area contributed by atoms with E-state index in [1.165, 1.54) is 5.56 Å². The molecule has 2 aromatic carbocycles. The molecular formula is C21H21N3O2. The average molecular weight is 347 g/mol. The third-order valence-corrected chi connectivity index (χ3v) is 4.80. The number of aromatic nitrogens is 2. The lowest BCUT2D eigenvalue weighted by molar-refractivity contribution is -0.120. The molecule has 0 aliphatic carbocycles. The van der Waals surface area contributed by atoms with Gasteiger partial charge in [0.15, 0.2) is 0 Å². The summed E-state index contributed by atoms with van der Waals surface area (Å²) < 4.78 is 7.63. The summed E-state index contributed by atoms with van der Waals surface area (Å²) in [5.74, 6) is 0.795. The van der Waals surface area contributed by atoms with E-state index in [-0.39, 0.29) is 5.91 Å². The average Bonchev–Trinajstić information content (AvgIpc) is 3.21. The second-order valence-corrected chi connectivity index (χ2v) is 6.47. The minimum atomic E-state index is -0.0423. The molecule has 0 aliphatic heterocycles. The number of carbonyl (C=O) groups is 1. The molecule has 4 aromatic rings. The third-order valence-electron chi connectivity index (χ3n) is 4.80. The van der Waals surface area contributed by atoms with Gasteiger partial charge in [-0.25, -0.2) is 4.98 Å². The molecule has 0 saturated carbocycles. The number of imidazole rings is 1. The van der Waals surface area contributed by atoms with Crippen LogP contribution in [0.3, 0.4) is 0 Å². The molecule has 0 radical (unpaired) electrons. The number of hydrogen-bond acceptors (Lipinski definition) is 3. The first-order chi connectivity index (χ1) is 12.7. The van der Waals surface area contributed by atoms with E-state index in [2.05, 4.69) is 23.3 Å². The maximum absolute atomic E-state index is 12.4. The van der Waals surface area contributed by atoms with E-state index in [4.69, 9.17) is 4.42 Å². The van der Waals surface area contributed by atoms with Crippen molar-refractivity contribution in [3.8, 4) is 0 Å². The number of furan rings is 1. The smallest absolute Gasteiger partial charge is 0.224 e. The van der Waals surface area contributed by atoms with Crippen LogP contribution in [0.25, 0.3) is 22.0 Å². The second kappa shape index (κ2) is 6.67. The Hall–Kier alpha value is -3.08. The molecule has 1 N–H and O–H groups in total. The first-order valence-corrected chi connectivity index (χ1v) is 8.81. The summed E-state index contributed by atoms with van der Waals surface area (Å²) in [4.78, 5) is 17.0. The molecule has 1 amide bonds. The predicted octanol–water partition coefficient (Wildman–Crippen LogP) is 3.74. The highest BCUT2D eigenvalue weighted by Crippen LogP contribution is 2.23. The molecule has 0 aliphatic rings. The Morgan fingerprint density at radius 3 is 2.88 bits per heavy atom. The number of nitrogens with zero attached hydrogens (tertiary/aromatic N) is 2. The van der Waals surface area contributed by atoms with Crippen molar-refractivity contribution in [1.29, 1.82) is 0 Å². The van der Waals surface area contributed by atoms with Crippen LogP contribution in [0.1, 0.15) is 23.9 Å². The Bertz CT molecular complexity index is 1090. The summed E-state index contributed by atoms with van der Waals surface area (Å²) in [6, 6.07) is 14.1. The van der Waals surface area contributed by atoms with Crippen LogP contribution in [0.4, 0.5) is 0 Å². The van der Waals surface area contributed by atoms with Crippen molar-refractivity contribution in [3.05, 3.63) is 65.7 Å². The van der Waals surface area contributed by atoms with Gasteiger partial charge in [-0.15, -0.1) is 0 Å². The molecular weight excluding hydrogens is 326 g/mol. The fraction of sp³-hybridized carbons (Fsp3) is 0.238. The highest BCUT2D eigenvalue weighted by atomic mass is 16.3. The van der Waals surface area contributed by atoms with Gasteiger partial charge in [-0.2, -0.15) is 0 Å². The van der Waals surface area contributed by atoms with E-state index in [9.17, 15) is 4.79 Å². The molecule has 2 heterocycles. The summed E-state index contributed by atoms with van der Waals surface area (Å²) >= 11 is 0. The lowest BCUT2D eigenvalue weighted by Gasteiger charge is -2.05. The summed E-state index contributed by atoms with van der Waals surface area (Å²) in [7, 11) is 1.96. The lowest BCUT2D eigenvalue weighted by atomic mass is 10.1. The molecule has 2 aromatic heterocycles. The van der Waals surface area contributed by atoms with Crippen molar-refractivity contribution < 1.29 is 9.21 Å². The molecule has 5 nitrogen and oxygen atoms in total. The van der Waals surface area contributed by atoms with Gasteiger partial charge in [0.05, 0.1) is 30.3 Å². The summed E-state index contributed by atoms with van der Waals surface area (Å²) in [6.07, 6.45) is 2.94. The fourth-order valence-corrected chi connectivity index (χ4v) is 3.25. The van der Waals surface area contributed by atoms with Crippen LogP contribution < -0.4 is 5.32 Å². The number of benzene rings is 2. The number of carbonyl (C=O) groups excluding carboxylic acids is 1. The topological polar surface area (TPSA) is 60.1 Å². The number of fused-ring (bicyclic) bond motifs is 2. The van der Waals surface area contributed by atoms with Gasteiger partial charge in [0.2, 0.25) is 5.91 Å². The van der Waals surface area contributed by atoms with E-state index >= 15 is 0 Å². The predicted molar refractivity (Wildman–Crippen MR) is 102 cm³/mol. The van der Waals surface area contributed by atoms with Gasteiger partial charge in [0, 0.05) is 18.0 Å². The number of hydrogen-bond donors (Lipinski definition) is 1. The van der Waals surface area contributed by atoms with Crippen LogP contribution >= 0.6 is 0 Å². The highest BCUT2D eigenvalue weighted by molar-refractivity contribution is 5.88. The van der Waals surface area contributed by atoms with Gasteiger partial charge >= 0.3 is 0 Å². The number of nitrogens with one attached hydrogen (secondary N) is 1. The normalized spacial score (nSPS) is 11.3. The minimum Gasteiger partial charge on any atom is -0.464 e. The highest BCUT2D eigenvalue weighted by Gasteiger charge is 2.12. The second-order valence-electron chi connectivity index (χ2n) is 6.47. The van der Waals surface area contributed by atoms with E-state index in [0.29, 0.717) is 13.0 Å². The molecule has 0 atom stereocenters. The van der Waals surface area contributed by atoms with Crippen molar-refractivity contribution in [1.82, 2.24) is 14.9 Å². The largest absolute Gasteiger partial charge is 0.464 e. The molecule has 0 saturated heterocycles. The molecule has 0 spiro atoms. The molecule has 26 heavy (non-hydrogen) atoms. The third kappa shape index (κ3) is 2.96. The van der Waals surface area contributed by atoms with Gasteiger partial charge in [0.1, 0.15) is 11.4 Å². The van der Waals surface area contributed by atoms with Gasteiger partial charge < -0.3 is 14.3 Å². The maximum Gasteiger partial charge on any atom is 0.224 e. The number of aryl methyl sites for hydroxylation is 2. The van der Waals surface area contributed by atoms with Gasteiger partial charge in [-0.05, 0) is 30.2 Å². The van der Waals surface area contributed by atoms with Crippen LogP contribution in [0.5, 0.6) is 0 Å². The number of para-hydroxylation sites is 2. The number of amides is 1. The van der Waals surface area contributed by atoms with Crippen LogP contribution in [0.2, 0.25) is 0 Å². The quantitative estimate of drug-likeness (QED) is 0.598. The zero-order valence-corrected chi connectivity index (χ0v) is 15.0. The van der Waals surface area contributed by atoms with E-state index in [1.54, 1.807) is 6.26 Å². The van der Waals surface area contributed by atoms with Crippen molar-refractivity contribution >= 4 is 27.9 Å². The Morgan fingerprint density at radius 1 is 1.23 bits per heavy atom. The van der Waals surface area contributed by atoms with Gasteiger partial charge in [0.25, 0.3) is 0 Å². The minimum absolute atomic E-state index is 0.0423. The van der Waals surface area contributed by atoms with E-state index in [1.807, 2.05) is 48.0 Å². The van der Waals surface area contributed by atoms with Crippen molar-refractivity contribution in [2.24, 2.45) is 7.05 Å². The fourth-order valence-electron chi connectivity index (χ4n) is 3.25. The maximum atomic E-state index is 12.4. The van der Waals surface area contributed by atoms with Crippen LogP contribution in [0, 0.1) is 0 Å². The van der Waals surface area contributed by atoms with E-state index < -0.39 is 0 Å². The summed E-state index contributed by atoms with van der Waals surface area (Å²) in [6.45, 7) is 2.51. The Morgan fingerprint density at radius 2 is 2.08 bits per heavy atom. The SMILES string of the molecule is CCc1ccc2c(CC(=O)NCc3nc4ccccc4n3C)coc2c1. The Balaban J connectivity index is 1.46. The first-order valence-electron chi connectivity index (χ1n) is 8.81. The molecule has 0 fully saturated rings. The molecule has 0 bridgehead atoms. The van der Waals surface area contributed by atoms with Crippen LogP contribution in [0.15, 0.2) is 53.1 Å². The molecule has 0 unspecified atom stereocenters. The summed E-state index contributed by atoms with van der Waals surface area (Å²) in [5.41, 5.74) is 4.97. The van der Waals surface area contributed by atoms with E-state index in [0.717, 1.165) is 39.8 Å². The zero-order valence-electron chi connectivity index (χ0n) is 15.0. The first kappa shape index (κ1) is 16.4. The summed E-state index contributed by atoms with van der Waals surface area (Å²) in [5, 5.41) is 3.96. The van der Waals surface area contributed by atoms with Gasteiger partial charge in [-0.1, -0.05) is 31.2 Å². The standard InChI is InChI=1S/C21H21N3O2/c1-3-14-8-9-16-15(13-26-19(16)10-14)11-21(25)22-12-20-23-17-6-4-5-7-18(17)24(20)2/h4-10,13H,3,11-12H2,1-2H3,(H,22,25). The van der Waals surface area contributed by atoms with Crippen molar-refractivity contribution in [3.63, 3.8) is 0 Å². The Labute approximate surface area is 151 Å². The molecule has 5 heteroatoms.